The average molecular weight is 276 g/mol. The van der Waals surface area contributed by atoms with Gasteiger partial charge in [0.15, 0.2) is 0 Å². The summed E-state index contributed by atoms with van der Waals surface area (Å²) in [6.07, 6.45) is 10.6. The summed E-state index contributed by atoms with van der Waals surface area (Å²) in [5.41, 5.74) is -0.730. The van der Waals surface area contributed by atoms with E-state index in [1.165, 1.54) is 25.7 Å². The quantitative estimate of drug-likeness (QED) is 0.718. The Kier molecular flexibility index (Phi) is 5.07. The molecule has 2 fully saturated rings. The van der Waals surface area contributed by atoms with Gasteiger partial charge in [-0.3, -0.25) is 4.79 Å². The molecule has 0 aromatic heterocycles. The first-order valence-corrected chi connectivity index (χ1v) is 8.27. The Bertz CT molecular complexity index is 377. The van der Waals surface area contributed by atoms with Crippen molar-refractivity contribution in [3.05, 3.63) is 0 Å². The van der Waals surface area contributed by atoms with Crippen molar-refractivity contribution in [2.45, 2.75) is 77.2 Å². The van der Waals surface area contributed by atoms with E-state index < -0.39 is 5.41 Å². The molecule has 2 rings (SSSR count). The largest absolute Gasteiger partial charge is 0.341 e. The van der Waals surface area contributed by atoms with E-state index in [1.807, 2.05) is 11.9 Å². The van der Waals surface area contributed by atoms with Crippen LogP contribution in [0.2, 0.25) is 0 Å². The highest BCUT2D eigenvalue weighted by atomic mass is 16.2. The van der Waals surface area contributed by atoms with Crippen molar-refractivity contribution in [3.8, 4) is 6.07 Å². The fraction of sp³-hybridized carbons (Fsp3) is 0.882. The van der Waals surface area contributed by atoms with E-state index >= 15 is 0 Å². The van der Waals surface area contributed by atoms with E-state index in [0.717, 1.165) is 38.5 Å². The van der Waals surface area contributed by atoms with Gasteiger partial charge < -0.3 is 4.90 Å². The number of rotatable bonds is 2. The van der Waals surface area contributed by atoms with Crippen LogP contribution in [-0.2, 0) is 4.79 Å². The molecule has 0 heterocycles. The maximum absolute atomic E-state index is 12.9. The molecule has 2 saturated carbocycles. The zero-order valence-corrected chi connectivity index (χ0v) is 13.0. The number of hydrogen-bond acceptors (Lipinski definition) is 2. The SMILES string of the molecule is CC1CCCC(N(C)C(=O)C2(C#N)CCCCCC2)C1. The highest BCUT2D eigenvalue weighted by Gasteiger charge is 2.42. The molecule has 0 aromatic carbocycles. The van der Waals surface area contributed by atoms with Gasteiger partial charge in [-0.2, -0.15) is 5.26 Å². The summed E-state index contributed by atoms with van der Waals surface area (Å²) in [6, 6.07) is 2.74. The van der Waals surface area contributed by atoms with Gasteiger partial charge in [0, 0.05) is 13.1 Å². The molecule has 0 spiro atoms. The average Bonchev–Trinajstić information content (AvgIpc) is 2.72. The predicted octanol–water partition coefficient (Wildman–Crippen LogP) is 3.89. The highest BCUT2D eigenvalue weighted by Crippen LogP contribution is 2.38. The Morgan fingerprint density at radius 3 is 2.35 bits per heavy atom. The van der Waals surface area contributed by atoms with Crippen molar-refractivity contribution in [2.24, 2.45) is 11.3 Å². The van der Waals surface area contributed by atoms with E-state index in [1.54, 1.807) is 0 Å². The Labute approximate surface area is 123 Å². The first-order chi connectivity index (χ1) is 9.59. The number of amides is 1. The van der Waals surface area contributed by atoms with Gasteiger partial charge in [-0.25, -0.2) is 0 Å². The highest BCUT2D eigenvalue weighted by molar-refractivity contribution is 5.85. The number of carbonyl (C=O) groups is 1. The van der Waals surface area contributed by atoms with Crippen LogP contribution in [0.3, 0.4) is 0 Å². The zero-order chi connectivity index (χ0) is 14.6. The third kappa shape index (κ3) is 3.16. The molecule has 2 aliphatic carbocycles. The van der Waals surface area contributed by atoms with E-state index in [4.69, 9.17) is 0 Å². The van der Waals surface area contributed by atoms with Crippen molar-refractivity contribution >= 4 is 5.91 Å². The van der Waals surface area contributed by atoms with Crippen LogP contribution in [0.1, 0.15) is 71.1 Å². The molecule has 20 heavy (non-hydrogen) atoms. The predicted molar refractivity (Wildman–Crippen MR) is 79.9 cm³/mol. The molecule has 3 nitrogen and oxygen atoms in total. The van der Waals surface area contributed by atoms with Crippen LogP contribution in [0.15, 0.2) is 0 Å². The molecule has 2 atom stereocenters. The monoisotopic (exact) mass is 276 g/mol. The van der Waals surface area contributed by atoms with Crippen LogP contribution in [-0.4, -0.2) is 23.9 Å². The van der Waals surface area contributed by atoms with Gasteiger partial charge in [-0.15, -0.1) is 0 Å². The third-order valence-corrected chi connectivity index (χ3v) is 5.36. The van der Waals surface area contributed by atoms with Gasteiger partial charge in [0.05, 0.1) is 6.07 Å². The summed E-state index contributed by atoms with van der Waals surface area (Å²) in [5, 5.41) is 9.64. The van der Waals surface area contributed by atoms with Crippen molar-refractivity contribution in [3.63, 3.8) is 0 Å². The fourth-order valence-electron chi connectivity index (χ4n) is 3.96. The summed E-state index contributed by atoms with van der Waals surface area (Å²) in [6.45, 7) is 2.27. The summed E-state index contributed by atoms with van der Waals surface area (Å²) < 4.78 is 0. The van der Waals surface area contributed by atoms with Gasteiger partial charge in [-0.05, 0) is 31.6 Å². The first kappa shape index (κ1) is 15.4. The van der Waals surface area contributed by atoms with E-state index in [-0.39, 0.29) is 5.91 Å². The van der Waals surface area contributed by atoms with E-state index in [2.05, 4.69) is 13.0 Å². The number of hydrogen-bond donors (Lipinski definition) is 0. The molecule has 0 bridgehead atoms. The van der Waals surface area contributed by atoms with Gasteiger partial charge in [-0.1, -0.05) is 45.4 Å². The Balaban J connectivity index is 2.09. The number of carbonyl (C=O) groups excluding carboxylic acids is 1. The second kappa shape index (κ2) is 6.61. The first-order valence-electron chi connectivity index (χ1n) is 8.27. The lowest BCUT2D eigenvalue weighted by molar-refractivity contribution is -0.141. The van der Waals surface area contributed by atoms with Gasteiger partial charge in [0.1, 0.15) is 5.41 Å². The van der Waals surface area contributed by atoms with Crippen LogP contribution in [0, 0.1) is 22.7 Å². The van der Waals surface area contributed by atoms with Crippen molar-refractivity contribution in [1.29, 1.82) is 5.26 Å². The molecule has 112 valence electrons. The lowest BCUT2D eigenvalue weighted by Crippen LogP contribution is -2.47. The minimum Gasteiger partial charge on any atom is -0.341 e. The molecular weight excluding hydrogens is 248 g/mol. The summed E-state index contributed by atoms with van der Waals surface area (Å²) in [5.74, 6) is 0.803. The lowest BCUT2D eigenvalue weighted by Gasteiger charge is -2.38. The summed E-state index contributed by atoms with van der Waals surface area (Å²) in [7, 11) is 1.93. The topological polar surface area (TPSA) is 44.1 Å². The van der Waals surface area contributed by atoms with Gasteiger partial charge in [0.2, 0.25) is 5.91 Å². The third-order valence-electron chi connectivity index (χ3n) is 5.36. The molecule has 0 aliphatic heterocycles. The number of nitriles is 1. The normalized spacial score (nSPS) is 30.1. The number of nitrogens with zero attached hydrogens (tertiary/aromatic N) is 2. The van der Waals surface area contributed by atoms with E-state index in [9.17, 15) is 10.1 Å². The van der Waals surface area contributed by atoms with Gasteiger partial charge >= 0.3 is 0 Å². The Hall–Kier alpha value is -1.04. The summed E-state index contributed by atoms with van der Waals surface area (Å²) >= 11 is 0. The molecule has 3 heteroatoms. The van der Waals surface area contributed by atoms with Crippen LogP contribution in [0.5, 0.6) is 0 Å². The zero-order valence-electron chi connectivity index (χ0n) is 13.0. The summed E-state index contributed by atoms with van der Waals surface area (Å²) in [4.78, 5) is 14.8. The minimum atomic E-state index is -0.730. The van der Waals surface area contributed by atoms with Crippen molar-refractivity contribution < 1.29 is 4.79 Å². The van der Waals surface area contributed by atoms with Gasteiger partial charge in [0.25, 0.3) is 0 Å². The van der Waals surface area contributed by atoms with Crippen LogP contribution in [0.4, 0.5) is 0 Å². The molecule has 0 aromatic rings. The smallest absolute Gasteiger partial charge is 0.243 e. The Morgan fingerprint density at radius 1 is 1.15 bits per heavy atom. The minimum absolute atomic E-state index is 0.0981. The van der Waals surface area contributed by atoms with Crippen LogP contribution in [0.25, 0.3) is 0 Å². The molecular formula is C17H28N2O. The van der Waals surface area contributed by atoms with Crippen LogP contribution < -0.4 is 0 Å². The van der Waals surface area contributed by atoms with Crippen LogP contribution >= 0.6 is 0 Å². The molecule has 1 amide bonds. The molecule has 2 aliphatic rings. The van der Waals surface area contributed by atoms with E-state index in [0.29, 0.717) is 12.0 Å². The van der Waals surface area contributed by atoms with Crippen molar-refractivity contribution in [1.82, 2.24) is 4.90 Å². The maximum Gasteiger partial charge on any atom is 0.243 e. The lowest BCUT2D eigenvalue weighted by atomic mass is 9.79. The maximum atomic E-state index is 12.9. The molecule has 0 saturated heterocycles. The standard InChI is InChI=1S/C17H28N2O/c1-14-8-7-9-15(12-14)19(2)16(20)17(13-18)10-5-3-4-6-11-17/h14-15H,3-12H2,1-2H3. The fourth-order valence-corrected chi connectivity index (χ4v) is 3.96. The molecule has 0 N–H and O–H groups in total. The molecule has 2 unspecified atom stereocenters. The molecule has 0 radical (unpaired) electrons. The second-order valence-electron chi connectivity index (χ2n) is 6.95. The Morgan fingerprint density at radius 2 is 1.80 bits per heavy atom. The second-order valence-corrected chi connectivity index (χ2v) is 6.95. The van der Waals surface area contributed by atoms with Crippen molar-refractivity contribution in [2.75, 3.05) is 7.05 Å².